The quantitative estimate of drug-likeness (QED) is 0.461. The average molecular weight is 466 g/mol. The van der Waals surface area contributed by atoms with E-state index in [9.17, 15) is 9.59 Å². The Kier molecular flexibility index (Phi) is 5.63. The van der Waals surface area contributed by atoms with Gasteiger partial charge in [-0.25, -0.2) is 9.97 Å². The van der Waals surface area contributed by atoms with Crippen LogP contribution < -0.4 is 10.5 Å². The summed E-state index contributed by atoms with van der Waals surface area (Å²) in [6.45, 7) is 2.86. The zero-order valence-corrected chi connectivity index (χ0v) is 18.7. The first-order chi connectivity index (χ1) is 15.6. The Morgan fingerprint density at radius 3 is 2.66 bits per heavy atom. The van der Waals surface area contributed by atoms with E-state index >= 15 is 0 Å². The van der Waals surface area contributed by atoms with Crippen molar-refractivity contribution in [2.24, 2.45) is 0 Å². The van der Waals surface area contributed by atoms with Crippen molar-refractivity contribution >= 4 is 44.9 Å². The molecule has 0 atom stereocenters. The number of rotatable bonds is 4. The Bertz CT molecular complexity index is 1340. The summed E-state index contributed by atoms with van der Waals surface area (Å²) >= 11 is 7.83. The lowest BCUT2D eigenvalue weighted by Gasteiger charge is -2.35. The van der Waals surface area contributed by atoms with Crippen molar-refractivity contribution in [1.82, 2.24) is 19.4 Å². The molecule has 4 heterocycles. The van der Waals surface area contributed by atoms with Crippen molar-refractivity contribution in [2.45, 2.75) is 6.54 Å². The van der Waals surface area contributed by atoms with Gasteiger partial charge in [0, 0.05) is 43.5 Å². The smallest absolute Gasteiger partial charge is 0.255 e. The molecule has 0 unspecified atom stereocenters. The van der Waals surface area contributed by atoms with Crippen LogP contribution in [0.1, 0.15) is 15.9 Å². The summed E-state index contributed by atoms with van der Waals surface area (Å²) in [6, 6.07) is 12.5. The molecule has 0 spiro atoms. The van der Waals surface area contributed by atoms with E-state index in [0.29, 0.717) is 43.3 Å². The van der Waals surface area contributed by atoms with E-state index in [2.05, 4.69) is 14.9 Å². The first-order valence-electron chi connectivity index (χ1n) is 10.3. The van der Waals surface area contributed by atoms with Gasteiger partial charge in [0.15, 0.2) is 0 Å². The summed E-state index contributed by atoms with van der Waals surface area (Å²) in [5.74, 6) is 0.831. The van der Waals surface area contributed by atoms with Crippen molar-refractivity contribution in [1.29, 1.82) is 0 Å². The molecule has 0 N–H and O–H groups in total. The predicted molar refractivity (Wildman–Crippen MR) is 127 cm³/mol. The first-order valence-corrected chi connectivity index (χ1v) is 11.5. The number of nitrogens with zero attached hydrogens (tertiary/aromatic N) is 5. The van der Waals surface area contributed by atoms with Gasteiger partial charge in [0.05, 0.1) is 17.5 Å². The molecule has 1 saturated heterocycles. The molecule has 0 radical (unpaired) electrons. The van der Waals surface area contributed by atoms with Gasteiger partial charge in [0.25, 0.3) is 11.5 Å². The Hall–Kier alpha value is -3.23. The number of benzene rings is 1. The van der Waals surface area contributed by atoms with Crippen LogP contribution in [0.15, 0.2) is 65.2 Å². The fourth-order valence-corrected chi connectivity index (χ4v) is 4.85. The minimum atomic E-state index is -0.171. The zero-order chi connectivity index (χ0) is 22.1. The highest BCUT2D eigenvalue weighted by Crippen LogP contribution is 2.27. The van der Waals surface area contributed by atoms with Gasteiger partial charge in [-0.2, -0.15) is 0 Å². The number of anilines is 1. The van der Waals surface area contributed by atoms with Gasteiger partial charge in [0.1, 0.15) is 17.0 Å². The number of piperazine rings is 1. The fourth-order valence-electron chi connectivity index (χ4n) is 3.92. The summed E-state index contributed by atoms with van der Waals surface area (Å²) in [7, 11) is 0. The molecule has 0 aliphatic carbocycles. The molecule has 0 saturated carbocycles. The second kappa shape index (κ2) is 8.72. The van der Waals surface area contributed by atoms with Gasteiger partial charge >= 0.3 is 0 Å². The highest BCUT2D eigenvalue weighted by molar-refractivity contribution is 7.16. The second-order valence-corrected chi connectivity index (χ2v) is 8.89. The molecule has 1 aliphatic rings. The molecule has 7 nitrogen and oxygen atoms in total. The van der Waals surface area contributed by atoms with E-state index in [4.69, 9.17) is 11.6 Å². The molecule has 4 aromatic rings. The predicted octanol–water partition coefficient (Wildman–Crippen LogP) is 3.52. The van der Waals surface area contributed by atoms with E-state index in [1.807, 2.05) is 34.5 Å². The topological polar surface area (TPSA) is 71.3 Å². The third kappa shape index (κ3) is 3.99. The average Bonchev–Trinajstić information content (AvgIpc) is 3.31. The maximum absolute atomic E-state index is 13.1. The number of hydrogen-bond donors (Lipinski definition) is 0. The summed E-state index contributed by atoms with van der Waals surface area (Å²) in [5.41, 5.74) is 1.15. The Morgan fingerprint density at radius 1 is 1.03 bits per heavy atom. The van der Waals surface area contributed by atoms with Crippen LogP contribution in [-0.4, -0.2) is 51.5 Å². The number of amides is 1. The molecule has 1 aromatic carbocycles. The molecule has 32 heavy (non-hydrogen) atoms. The van der Waals surface area contributed by atoms with Gasteiger partial charge in [-0.3, -0.25) is 9.59 Å². The number of halogens is 1. The summed E-state index contributed by atoms with van der Waals surface area (Å²) in [6.07, 6.45) is 3.22. The highest BCUT2D eigenvalue weighted by Gasteiger charge is 2.24. The molecule has 162 valence electrons. The molecule has 0 bridgehead atoms. The highest BCUT2D eigenvalue weighted by atomic mass is 35.5. The Morgan fingerprint density at radius 2 is 1.84 bits per heavy atom. The lowest BCUT2D eigenvalue weighted by molar-refractivity contribution is 0.0745. The van der Waals surface area contributed by atoms with Crippen LogP contribution >= 0.6 is 22.9 Å². The number of aromatic nitrogens is 3. The number of pyridine rings is 1. The van der Waals surface area contributed by atoms with E-state index < -0.39 is 0 Å². The van der Waals surface area contributed by atoms with Gasteiger partial charge in [-0.05, 0) is 29.1 Å². The van der Waals surface area contributed by atoms with Gasteiger partial charge in [0.2, 0.25) is 0 Å². The standard InChI is InChI=1S/C23H20ClN5O2S/c24-19-4-2-1-3-16(19)13-29-14-17(5-6-20(29)30)23(31)28-10-8-27(9-11-28)21-18-7-12-32-22(18)26-15-25-21/h1-7,12,14-15H,8-11,13H2. The van der Waals surface area contributed by atoms with Crippen LogP contribution in [0.3, 0.4) is 0 Å². The van der Waals surface area contributed by atoms with E-state index in [-0.39, 0.29) is 11.5 Å². The van der Waals surface area contributed by atoms with Gasteiger partial charge in [-0.1, -0.05) is 29.8 Å². The zero-order valence-electron chi connectivity index (χ0n) is 17.1. The normalized spacial score (nSPS) is 14.2. The second-order valence-electron chi connectivity index (χ2n) is 7.59. The molecule has 3 aromatic heterocycles. The van der Waals surface area contributed by atoms with Crippen LogP contribution in [0, 0.1) is 0 Å². The van der Waals surface area contributed by atoms with Crippen molar-refractivity contribution in [3.63, 3.8) is 0 Å². The molecule has 1 fully saturated rings. The third-order valence-corrected chi connectivity index (χ3v) is 6.83. The van der Waals surface area contributed by atoms with Crippen molar-refractivity contribution in [3.05, 3.63) is 86.9 Å². The van der Waals surface area contributed by atoms with Crippen LogP contribution in [0.25, 0.3) is 10.2 Å². The van der Waals surface area contributed by atoms with Crippen LogP contribution in [0.2, 0.25) is 5.02 Å². The summed E-state index contributed by atoms with van der Waals surface area (Å²) in [5, 5.41) is 3.65. The fraction of sp³-hybridized carbons (Fsp3) is 0.217. The maximum Gasteiger partial charge on any atom is 0.255 e. The van der Waals surface area contributed by atoms with Crippen molar-refractivity contribution in [2.75, 3.05) is 31.1 Å². The minimum absolute atomic E-state index is 0.0825. The maximum atomic E-state index is 13.1. The molecular weight excluding hydrogens is 446 g/mol. The van der Waals surface area contributed by atoms with Crippen LogP contribution in [0.5, 0.6) is 0 Å². The number of carbonyl (C=O) groups is 1. The molecule has 5 rings (SSSR count). The Balaban J connectivity index is 1.31. The van der Waals surface area contributed by atoms with Crippen LogP contribution in [0.4, 0.5) is 5.82 Å². The number of fused-ring (bicyclic) bond motifs is 1. The largest absolute Gasteiger partial charge is 0.352 e. The van der Waals surface area contributed by atoms with Crippen molar-refractivity contribution < 1.29 is 4.79 Å². The monoisotopic (exact) mass is 465 g/mol. The summed E-state index contributed by atoms with van der Waals surface area (Å²) < 4.78 is 1.53. The number of thiophene rings is 1. The number of hydrogen-bond acceptors (Lipinski definition) is 6. The molecule has 9 heteroatoms. The lowest BCUT2D eigenvalue weighted by Crippen LogP contribution is -2.49. The van der Waals surface area contributed by atoms with Crippen molar-refractivity contribution in [3.8, 4) is 0 Å². The molecular formula is C23H20ClN5O2S. The number of carbonyl (C=O) groups excluding carboxylic acids is 1. The van der Waals surface area contributed by atoms with E-state index in [1.165, 1.54) is 10.6 Å². The Labute approximate surface area is 193 Å². The minimum Gasteiger partial charge on any atom is -0.352 e. The van der Waals surface area contributed by atoms with Crippen LogP contribution in [-0.2, 0) is 6.54 Å². The first kappa shape index (κ1) is 20.7. The molecule has 1 aliphatic heterocycles. The van der Waals surface area contributed by atoms with E-state index in [1.54, 1.807) is 36.0 Å². The lowest BCUT2D eigenvalue weighted by atomic mass is 10.2. The summed E-state index contributed by atoms with van der Waals surface area (Å²) in [4.78, 5) is 39.2. The van der Waals surface area contributed by atoms with Gasteiger partial charge < -0.3 is 14.4 Å². The van der Waals surface area contributed by atoms with Gasteiger partial charge in [-0.15, -0.1) is 11.3 Å². The third-order valence-electron chi connectivity index (χ3n) is 5.64. The SMILES string of the molecule is O=C(c1ccc(=O)n(Cc2ccccc2Cl)c1)N1CCN(c2ncnc3sccc23)CC1. The van der Waals surface area contributed by atoms with E-state index in [0.717, 1.165) is 21.6 Å². The molecule has 1 amide bonds.